The molecule has 0 heterocycles. The predicted octanol–water partition coefficient (Wildman–Crippen LogP) is 5.42. The van der Waals surface area contributed by atoms with Gasteiger partial charge in [0.2, 0.25) is 0 Å². The van der Waals surface area contributed by atoms with Crippen molar-refractivity contribution in [3.05, 3.63) is 48.0 Å². The van der Waals surface area contributed by atoms with Crippen molar-refractivity contribution in [3.63, 3.8) is 0 Å². The smallest absolute Gasteiger partial charge is 0.168 e. The normalized spacial score (nSPS) is 26.2. The van der Waals surface area contributed by atoms with Crippen molar-refractivity contribution in [1.29, 1.82) is 0 Å². The third-order valence-electron chi connectivity index (χ3n) is 5.70. The number of Topliss-reactive ketones (excluding diaryl/α,β-unsaturated/α-hetero) is 2. The second-order valence-corrected chi connectivity index (χ2v) is 10.2. The summed E-state index contributed by atoms with van der Waals surface area (Å²) in [6.45, 7) is 16.0. The van der Waals surface area contributed by atoms with E-state index in [1.165, 1.54) is 0 Å². The van der Waals surface area contributed by atoms with Crippen molar-refractivity contribution in [2.75, 3.05) is 13.1 Å². The molecule has 2 N–H and O–H groups in total. The van der Waals surface area contributed by atoms with Gasteiger partial charge in [-0.15, -0.1) is 13.2 Å². The van der Waals surface area contributed by atoms with Gasteiger partial charge in [-0.3, -0.25) is 19.6 Å². The van der Waals surface area contributed by atoms with Gasteiger partial charge in [0.05, 0.1) is 24.2 Å². The molecule has 0 radical (unpaired) electrons. The zero-order valence-electron chi connectivity index (χ0n) is 19.8. The standard InChI is InChI=1S/C26H36N2O4/c1-7-11-27-17-13-25(3,4)15-21(31)23(17)19(29)9-10-20(30)24-18(28-12-8-2)14-26(5,6)16-22(24)32/h7-8,29-30H,1-2,9-16H2,3-6H3. The first-order chi connectivity index (χ1) is 14.9. The molecule has 0 saturated heterocycles. The lowest BCUT2D eigenvalue weighted by molar-refractivity contribution is -0.118. The van der Waals surface area contributed by atoms with Crippen LogP contribution in [0.4, 0.5) is 0 Å². The van der Waals surface area contributed by atoms with Crippen LogP contribution in [0.15, 0.2) is 58.0 Å². The average Bonchev–Trinajstić information content (AvgIpc) is 2.66. The van der Waals surface area contributed by atoms with Crippen LogP contribution in [0.1, 0.15) is 66.2 Å². The minimum atomic E-state index is -0.233. The van der Waals surface area contributed by atoms with Gasteiger partial charge in [0.1, 0.15) is 11.5 Å². The molecule has 0 bridgehead atoms. The Kier molecular flexibility index (Phi) is 8.16. The van der Waals surface area contributed by atoms with Crippen LogP contribution in [-0.2, 0) is 9.59 Å². The molecule has 2 aliphatic carbocycles. The molecule has 2 fully saturated rings. The summed E-state index contributed by atoms with van der Waals surface area (Å²) in [4.78, 5) is 34.5. The molecule has 2 saturated carbocycles. The van der Waals surface area contributed by atoms with E-state index in [-0.39, 0.29) is 57.9 Å². The molecule has 0 aliphatic heterocycles. The highest BCUT2D eigenvalue weighted by Gasteiger charge is 2.37. The van der Waals surface area contributed by atoms with E-state index >= 15 is 0 Å². The Bertz CT molecular complexity index is 853. The van der Waals surface area contributed by atoms with E-state index < -0.39 is 0 Å². The average molecular weight is 441 g/mol. The lowest BCUT2D eigenvalue weighted by atomic mass is 9.72. The molecule has 0 atom stereocenters. The lowest BCUT2D eigenvalue weighted by Crippen LogP contribution is -2.33. The maximum Gasteiger partial charge on any atom is 0.168 e. The molecule has 2 aliphatic rings. The summed E-state index contributed by atoms with van der Waals surface area (Å²) in [5.41, 5.74) is 1.14. The van der Waals surface area contributed by atoms with Crippen molar-refractivity contribution in [1.82, 2.24) is 0 Å². The van der Waals surface area contributed by atoms with Crippen LogP contribution in [0.5, 0.6) is 0 Å². The fraction of sp³-hybridized carbons (Fsp3) is 0.538. The van der Waals surface area contributed by atoms with Crippen LogP contribution in [0.25, 0.3) is 0 Å². The lowest BCUT2D eigenvalue weighted by Gasteiger charge is -2.32. The molecule has 0 aromatic rings. The molecule has 0 unspecified atom stereocenters. The Balaban J connectivity index is 2.35. The maximum atomic E-state index is 12.8. The number of allylic oxidation sites excluding steroid dienone is 4. The number of aliphatic hydroxyl groups excluding tert-OH is 2. The number of ketones is 2. The van der Waals surface area contributed by atoms with Crippen molar-refractivity contribution in [3.8, 4) is 0 Å². The number of aliphatic hydroxyl groups is 2. The highest BCUT2D eigenvalue weighted by atomic mass is 16.3. The van der Waals surface area contributed by atoms with E-state index in [2.05, 4.69) is 23.1 Å². The van der Waals surface area contributed by atoms with Gasteiger partial charge in [0, 0.05) is 37.1 Å². The molecule has 6 heteroatoms. The fourth-order valence-electron chi connectivity index (χ4n) is 4.34. The molecule has 174 valence electrons. The summed E-state index contributed by atoms with van der Waals surface area (Å²) < 4.78 is 0. The Hall–Kier alpha value is -2.76. The molecule has 2 rings (SSSR count). The van der Waals surface area contributed by atoms with Crippen LogP contribution in [0.3, 0.4) is 0 Å². The minimum Gasteiger partial charge on any atom is -0.511 e. The van der Waals surface area contributed by atoms with Crippen LogP contribution in [0, 0.1) is 10.8 Å². The van der Waals surface area contributed by atoms with Crippen molar-refractivity contribution in [2.24, 2.45) is 20.8 Å². The van der Waals surface area contributed by atoms with E-state index in [9.17, 15) is 19.8 Å². The molecule has 6 nitrogen and oxygen atoms in total. The second-order valence-electron chi connectivity index (χ2n) is 10.2. The van der Waals surface area contributed by atoms with Gasteiger partial charge in [-0.2, -0.15) is 0 Å². The van der Waals surface area contributed by atoms with Gasteiger partial charge in [-0.05, 0) is 23.7 Å². The first-order valence-corrected chi connectivity index (χ1v) is 11.1. The predicted molar refractivity (Wildman–Crippen MR) is 130 cm³/mol. The number of aliphatic imine (C=N–C) groups is 2. The SMILES string of the molecule is C=CCN=C1CC(C)(C)CC(=O)C1=C(O)CCC(O)=C1C(=O)CC(C)(C)CC1=NCC=C. The highest BCUT2D eigenvalue weighted by Crippen LogP contribution is 2.37. The Labute approximate surface area is 191 Å². The minimum absolute atomic E-state index is 0.0371. The van der Waals surface area contributed by atoms with Crippen LogP contribution >= 0.6 is 0 Å². The summed E-state index contributed by atoms with van der Waals surface area (Å²) in [5.74, 6) is -0.517. The first-order valence-electron chi connectivity index (χ1n) is 11.1. The number of hydrogen-bond acceptors (Lipinski definition) is 6. The van der Waals surface area contributed by atoms with E-state index in [0.717, 1.165) is 0 Å². The number of hydrogen-bond donors (Lipinski definition) is 2. The molecular formula is C26H36N2O4. The highest BCUT2D eigenvalue weighted by molar-refractivity contribution is 6.25. The third kappa shape index (κ3) is 6.38. The van der Waals surface area contributed by atoms with E-state index in [4.69, 9.17) is 0 Å². The van der Waals surface area contributed by atoms with Gasteiger partial charge in [0.15, 0.2) is 11.6 Å². The molecule has 32 heavy (non-hydrogen) atoms. The monoisotopic (exact) mass is 440 g/mol. The number of nitrogens with zero attached hydrogens (tertiary/aromatic N) is 2. The van der Waals surface area contributed by atoms with Gasteiger partial charge in [-0.25, -0.2) is 0 Å². The first kappa shape index (κ1) is 25.5. The van der Waals surface area contributed by atoms with Crippen LogP contribution < -0.4 is 0 Å². The van der Waals surface area contributed by atoms with Crippen molar-refractivity contribution >= 4 is 23.0 Å². The Morgan fingerprint density at radius 3 is 1.44 bits per heavy atom. The summed E-state index contributed by atoms with van der Waals surface area (Å²) in [5, 5.41) is 21.6. The maximum absolute atomic E-state index is 12.8. The number of carbonyl (C=O) groups is 2. The summed E-state index contributed by atoms with van der Waals surface area (Å²) in [6, 6.07) is 0. The molecule has 0 amide bonds. The van der Waals surface area contributed by atoms with E-state index in [0.29, 0.717) is 50.2 Å². The second kappa shape index (κ2) is 10.2. The van der Waals surface area contributed by atoms with Gasteiger partial charge in [-0.1, -0.05) is 39.8 Å². The summed E-state index contributed by atoms with van der Waals surface area (Å²) >= 11 is 0. The largest absolute Gasteiger partial charge is 0.511 e. The topological polar surface area (TPSA) is 99.3 Å². The molecule has 0 spiro atoms. The Morgan fingerprint density at radius 2 is 1.12 bits per heavy atom. The Morgan fingerprint density at radius 1 is 0.781 bits per heavy atom. The van der Waals surface area contributed by atoms with Crippen molar-refractivity contribution < 1.29 is 19.8 Å². The van der Waals surface area contributed by atoms with Crippen LogP contribution in [-0.4, -0.2) is 46.3 Å². The molecule has 0 aromatic carbocycles. The van der Waals surface area contributed by atoms with Gasteiger partial charge in [0.25, 0.3) is 0 Å². The quantitative estimate of drug-likeness (QED) is 0.313. The number of carbonyl (C=O) groups excluding carboxylic acids is 2. The summed E-state index contributed by atoms with van der Waals surface area (Å²) in [7, 11) is 0. The number of rotatable bonds is 7. The fourth-order valence-corrected chi connectivity index (χ4v) is 4.34. The third-order valence-corrected chi connectivity index (χ3v) is 5.70. The molecular weight excluding hydrogens is 404 g/mol. The summed E-state index contributed by atoms with van der Waals surface area (Å²) in [6.07, 6.45) is 5.15. The van der Waals surface area contributed by atoms with Gasteiger partial charge >= 0.3 is 0 Å². The van der Waals surface area contributed by atoms with Crippen molar-refractivity contribution in [2.45, 2.75) is 66.2 Å². The zero-order chi connectivity index (χ0) is 24.1. The zero-order valence-corrected chi connectivity index (χ0v) is 19.8. The van der Waals surface area contributed by atoms with Gasteiger partial charge < -0.3 is 10.2 Å². The van der Waals surface area contributed by atoms with E-state index in [1.807, 2.05) is 27.7 Å². The van der Waals surface area contributed by atoms with Crippen LogP contribution in [0.2, 0.25) is 0 Å². The van der Waals surface area contributed by atoms with E-state index in [1.54, 1.807) is 12.2 Å². The molecule has 0 aromatic heterocycles.